The molecule has 0 spiro atoms. The first-order valence-corrected chi connectivity index (χ1v) is 9.68. The van der Waals surface area contributed by atoms with Gasteiger partial charge in [0.2, 0.25) is 0 Å². The fourth-order valence-electron chi connectivity index (χ4n) is 1.59. The van der Waals surface area contributed by atoms with E-state index in [9.17, 15) is 8.42 Å². The van der Waals surface area contributed by atoms with Crippen molar-refractivity contribution >= 4 is 27.6 Å². The molecule has 0 radical (unpaired) electrons. The Kier molecular flexibility index (Phi) is 7.60. The fourth-order valence-corrected chi connectivity index (χ4v) is 3.01. The molecule has 1 aromatic carbocycles. The van der Waals surface area contributed by atoms with E-state index < -0.39 is 9.84 Å². The lowest BCUT2D eigenvalue weighted by atomic mass is 10.4. The monoisotopic (exact) mass is 329 g/mol. The third-order valence-electron chi connectivity index (χ3n) is 2.63. The molecule has 21 heavy (non-hydrogen) atoms. The third kappa shape index (κ3) is 8.62. The van der Waals surface area contributed by atoms with Gasteiger partial charge in [-0.3, -0.25) is 4.99 Å². The van der Waals surface area contributed by atoms with Crippen LogP contribution in [0.4, 0.5) is 0 Å². The fraction of sp³-hybridized carbons (Fsp3) is 0.500. The van der Waals surface area contributed by atoms with Crippen LogP contribution in [0.5, 0.6) is 0 Å². The van der Waals surface area contributed by atoms with Crippen molar-refractivity contribution in [3.05, 3.63) is 30.3 Å². The summed E-state index contributed by atoms with van der Waals surface area (Å²) in [6, 6.07) is 10.2. The molecular weight excluding hydrogens is 306 g/mol. The van der Waals surface area contributed by atoms with Crippen LogP contribution in [0.1, 0.15) is 6.92 Å². The van der Waals surface area contributed by atoms with E-state index in [1.807, 2.05) is 18.2 Å². The number of sulfone groups is 1. The summed E-state index contributed by atoms with van der Waals surface area (Å²) in [4.78, 5) is 5.31. The Morgan fingerprint density at radius 1 is 1.29 bits per heavy atom. The van der Waals surface area contributed by atoms with Crippen molar-refractivity contribution in [3.63, 3.8) is 0 Å². The summed E-state index contributed by atoms with van der Waals surface area (Å²) in [5.74, 6) is 0.723. The summed E-state index contributed by atoms with van der Waals surface area (Å²) in [7, 11) is -1.28. The van der Waals surface area contributed by atoms with Gasteiger partial charge in [-0.2, -0.15) is 0 Å². The van der Waals surface area contributed by atoms with E-state index in [2.05, 4.69) is 34.7 Å². The quantitative estimate of drug-likeness (QED) is 0.449. The summed E-state index contributed by atoms with van der Waals surface area (Å²) in [5.41, 5.74) is 0. The number of nitrogens with one attached hydrogen (secondary N) is 2. The molecule has 0 saturated heterocycles. The van der Waals surface area contributed by atoms with Crippen LogP contribution < -0.4 is 10.6 Å². The summed E-state index contributed by atoms with van der Waals surface area (Å²) >= 11 is 1.78. The zero-order valence-corrected chi connectivity index (χ0v) is 14.3. The molecule has 1 unspecified atom stereocenters. The lowest BCUT2D eigenvalue weighted by Gasteiger charge is -2.15. The Balaban J connectivity index is 2.31. The smallest absolute Gasteiger partial charge is 0.191 e. The Morgan fingerprint density at radius 3 is 2.52 bits per heavy atom. The van der Waals surface area contributed by atoms with Gasteiger partial charge in [-0.05, 0) is 12.1 Å². The van der Waals surface area contributed by atoms with Crippen molar-refractivity contribution in [1.82, 2.24) is 10.6 Å². The number of nitrogens with zero attached hydrogens (tertiary/aromatic N) is 1. The van der Waals surface area contributed by atoms with Crippen molar-refractivity contribution < 1.29 is 8.42 Å². The first-order chi connectivity index (χ1) is 9.90. The first kappa shape index (κ1) is 17.8. The summed E-state index contributed by atoms with van der Waals surface area (Å²) in [5, 5.41) is 6.57. The lowest BCUT2D eigenvalue weighted by Crippen LogP contribution is -2.41. The van der Waals surface area contributed by atoms with Gasteiger partial charge in [-0.25, -0.2) is 8.42 Å². The van der Waals surface area contributed by atoms with Crippen molar-refractivity contribution in [2.45, 2.75) is 17.1 Å². The molecular formula is C14H23N3O2S2. The summed E-state index contributed by atoms with van der Waals surface area (Å²) in [6.07, 6.45) is 1.23. The molecule has 1 atom stereocenters. The number of thioether (sulfide) groups is 1. The molecule has 2 N–H and O–H groups in total. The second-order valence-electron chi connectivity index (χ2n) is 4.75. The maximum Gasteiger partial charge on any atom is 0.191 e. The molecule has 0 amide bonds. The molecule has 0 saturated carbocycles. The molecule has 118 valence electrons. The summed E-state index contributed by atoms with van der Waals surface area (Å²) in [6.45, 7) is 3.24. The average molecular weight is 329 g/mol. The molecule has 0 aliphatic carbocycles. The maximum absolute atomic E-state index is 11.1. The molecule has 7 heteroatoms. The SMILES string of the molecule is CN=C(NCCS(C)(=O)=O)NCC(C)Sc1ccccc1. The minimum absolute atomic E-state index is 0.0992. The third-order valence-corrected chi connectivity index (χ3v) is 4.69. The van der Waals surface area contributed by atoms with Gasteiger partial charge in [0.05, 0.1) is 5.75 Å². The highest BCUT2D eigenvalue weighted by molar-refractivity contribution is 8.00. The van der Waals surface area contributed by atoms with Gasteiger partial charge in [-0.1, -0.05) is 25.1 Å². The largest absolute Gasteiger partial charge is 0.355 e. The van der Waals surface area contributed by atoms with Gasteiger partial charge in [0, 0.05) is 36.5 Å². The van der Waals surface area contributed by atoms with E-state index in [0.717, 1.165) is 6.54 Å². The van der Waals surface area contributed by atoms with E-state index in [4.69, 9.17) is 0 Å². The van der Waals surface area contributed by atoms with Crippen molar-refractivity contribution in [2.75, 3.05) is 32.1 Å². The number of rotatable bonds is 7. The molecule has 1 rings (SSSR count). The van der Waals surface area contributed by atoms with E-state index in [1.54, 1.807) is 18.8 Å². The van der Waals surface area contributed by atoms with Crippen LogP contribution in [0.2, 0.25) is 0 Å². The molecule has 0 bridgehead atoms. The van der Waals surface area contributed by atoms with Crippen LogP contribution in [0.15, 0.2) is 40.2 Å². The van der Waals surface area contributed by atoms with Crippen LogP contribution in [-0.2, 0) is 9.84 Å². The Labute approximate surface area is 131 Å². The maximum atomic E-state index is 11.1. The second-order valence-corrected chi connectivity index (χ2v) is 8.52. The van der Waals surface area contributed by atoms with Crippen LogP contribution in [-0.4, -0.2) is 51.8 Å². The predicted molar refractivity (Wildman–Crippen MR) is 90.8 cm³/mol. The van der Waals surface area contributed by atoms with E-state index in [-0.39, 0.29) is 5.75 Å². The van der Waals surface area contributed by atoms with Gasteiger partial charge in [0.15, 0.2) is 5.96 Å². The first-order valence-electron chi connectivity index (χ1n) is 6.74. The van der Waals surface area contributed by atoms with E-state index in [1.165, 1.54) is 11.2 Å². The Morgan fingerprint density at radius 2 is 1.95 bits per heavy atom. The highest BCUT2D eigenvalue weighted by atomic mass is 32.2. The number of hydrogen-bond acceptors (Lipinski definition) is 4. The molecule has 0 aromatic heterocycles. The van der Waals surface area contributed by atoms with E-state index >= 15 is 0 Å². The van der Waals surface area contributed by atoms with Gasteiger partial charge < -0.3 is 10.6 Å². The molecule has 0 aliphatic rings. The zero-order chi connectivity index (χ0) is 15.7. The van der Waals surface area contributed by atoms with Crippen molar-refractivity contribution in [2.24, 2.45) is 4.99 Å². The average Bonchev–Trinajstić information content (AvgIpc) is 2.42. The lowest BCUT2D eigenvalue weighted by molar-refractivity contribution is 0.600. The van der Waals surface area contributed by atoms with Gasteiger partial charge >= 0.3 is 0 Å². The predicted octanol–water partition coefficient (Wildman–Crippen LogP) is 1.38. The standard InChI is InChI=1S/C14H23N3O2S2/c1-12(20-13-7-5-4-6-8-13)11-17-14(15-2)16-9-10-21(3,18)19/h4-8,12H,9-11H2,1-3H3,(H2,15,16,17). The highest BCUT2D eigenvalue weighted by Crippen LogP contribution is 2.21. The number of guanidine groups is 1. The minimum atomic E-state index is -2.95. The number of benzene rings is 1. The normalized spacial score (nSPS) is 13.8. The topological polar surface area (TPSA) is 70.6 Å². The molecule has 0 fully saturated rings. The zero-order valence-electron chi connectivity index (χ0n) is 12.7. The highest BCUT2D eigenvalue weighted by Gasteiger charge is 2.07. The van der Waals surface area contributed by atoms with Crippen LogP contribution >= 0.6 is 11.8 Å². The van der Waals surface area contributed by atoms with E-state index in [0.29, 0.717) is 17.8 Å². The van der Waals surface area contributed by atoms with Gasteiger partial charge in [0.25, 0.3) is 0 Å². The van der Waals surface area contributed by atoms with Crippen LogP contribution in [0, 0.1) is 0 Å². The molecule has 5 nitrogen and oxygen atoms in total. The molecule has 0 heterocycles. The van der Waals surface area contributed by atoms with Gasteiger partial charge in [0.1, 0.15) is 9.84 Å². The van der Waals surface area contributed by atoms with Crippen LogP contribution in [0.3, 0.4) is 0 Å². The molecule has 0 aliphatic heterocycles. The Hall–Kier alpha value is -1.21. The van der Waals surface area contributed by atoms with Crippen LogP contribution in [0.25, 0.3) is 0 Å². The van der Waals surface area contributed by atoms with Gasteiger partial charge in [-0.15, -0.1) is 11.8 Å². The number of aliphatic imine (C=N–C) groups is 1. The summed E-state index contributed by atoms with van der Waals surface area (Å²) < 4.78 is 22.1. The van der Waals surface area contributed by atoms with Crippen molar-refractivity contribution in [3.8, 4) is 0 Å². The van der Waals surface area contributed by atoms with Crippen molar-refractivity contribution in [1.29, 1.82) is 0 Å². The second kappa shape index (κ2) is 8.94. The molecule has 1 aromatic rings. The number of hydrogen-bond donors (Lipinski definition) is 2. The Bertz CT molecular complexity index is 545. The minimum Gasteiger partial charge on any atom is -0.355 e.